The number of carbonyl (C=O) groups is 1. The van der Waals surface area contributed by atoms with Gasteiger partial charge in [-0.2, -0.15) is 5.26 Å². The van der Waals surface area contributed by atoms with Gasteiger partial charge in [0.25, 0.3) is 5.91 Å². The van der Waals surface area contributed by atoms with Gasteiger partial charge in [-0.25, -0.2) is 14.8 Å². The highest BCUT2D eigenvalue weighted by Gasteiger charge is 2.33. The number of hydrogen-bond donors (Lipinski definition) is 2. The van der Waals surface area contributed by atoms with Crippen LogP contribution in [0.1, 0.15) is 26.3 Å². The first-order valence-electron chi connectivity index (χ1n) is 12.8. The van der Waals surface area contributed by atoms with Crippen LogP contribution >= 0.6 is 0 Å². The molecule has 1 atom stereocenters. The summed E-state index contributed by atoms with van der Waals surface area (Å²) in [4.78, 5) is 37.0. The fourth-order valence-corrected chi connectivity index (χ4v) is 4.81. The van der Waals surface area contributed by atoms with Crippen LogP contribution in [0.25, 0.3) is 16.9 Å². The standard InChI is InChI=1S/C29H29N7O4/c1-29(2,17-37)14-19(15-30)27(38)34-13-12-21(16-34)36-26-24(25(31)32-18-33-26)35(28(36)39)20-8-10-23(11-9-20)40-22-6-4-3-5-7-22/h3-11,14,18,21,37H,12-13,16-17H2,1-2H3,(H2,31,32,33). The molecule has 1 aliphatic heterocycles. The van der Waals surface area contributed by atoms with E-state index in [0.29, 0.717) is 41.3 Å². The number of aliphatic hydroxyl groups excluding tert-OH is 1. The molecule has 0 bridgehead atoms. The van der Waals surface area contributed by atoms with Crippen LogP contribution in [0.15, 0.2) is 77.4 Å². The van der Waals surface area contributed by atoms with E-state index in [9.17, 15) is 20.0 Å². The van der Waals surface area contributed by atoms with Crippen molar-refractivity contribution in [2.75, 3.05) is 25.4 Å². The van der Waals surface area contributed by atoms with Crippen LogP contribution in [0.2, 0.25) is 0 Å². The molecule has 11 nitrogen and oxygen atoms in total. The van der Waals surface area contributed by atoms with E-state index in [2.05, 4.69) is 9.97 Å². The third-order valence-corrected chi connectivity index (χ3v) is 6.86. The Kier molecular flexibility index (Phi) is 7.11. The molecule has 4 aromatic rings. The lowest BCUT2D eigenvalue weighted by molar-refractivity contribution is -0.125. The average molecular weight is 540 g/mol. The van der Waals surface area contributed by atoms with Gasteiger partial charge in [-0.1, -0.05) is 38.1 Å². The van der Waals surface area contributed by atoms with E-state index in [0.717, 1.165) is 0 Å². The van der Waals surface area contributed by atoms with Crippen LogP contribution in [0.4, 0.5) is 5.82 Å². The van der Waals surface area contributed by atoms with Gasteiger partial charge in [-0.3, -0.25) is 13.9 Å². The van der Waals surface area contributed by atoms with Gasteiger partial charge >= 0.3 is 5.69 Å². The lowest BCUT2D eigenvalue weighted by Crippen LogP contribution is -2.33. The van der Waals surface area contributed by atoms with Crippen molar-refractivity contribution >= 4 is 22.9 Å². The second-order valence-corrected chi connectivity index (χ2v) is 10.3. The van der Waals surface area contributed by atoms with Crippen molar-refractivity contribution in [3.8, 4) is 23.3 Å². The molecule has 3 heterocycles. The summed E-state index contributed by atoms with van der Waals surface area (Å²) >= 11 is 0. The highest BCUT2D eigenvalue weighted by molar-refractivity contribution is 5.97. The molecule has 1 aliphatic rings. The van der Waals surface area contributed by atoms with Crippen molar-refractivity contribution in [2.24, 2.45) is 5.41 Å². The molecule has 2 aromatic carbocycles. The van der Waals surface area contributed by atoms with E-state index >= 15 is 0 Å². The minimum atomic E-state index is -0.722. The van der Waals surface area contributed by atoms with Crippen molar-refractivity contribution < 1.29 is 14.6 Å². The maximum atomic E-state index is 13.9. The summed E-state index contributed by atoms with van der Waals surface area (Å²) in [5.41, 5.74) is 6.40. The van der Waals surface area contributed by atoms with Crippen LogP contribution in [-0.4, -0.2) is 54.7 Å². The Morgan fingerprint density at radius 3 is 2.55 bits per heavy atom. The fraction of sp³-hybridized carbons (Fsp3) is 0.276. The number of nitrogens with two attached hydrogens (primary N) is 1. The SMILES string of the molecule is CC(C)(C=C(C#N)C(=O)N1CCC(n2c(=O)n(-c3ccc(Oc4ccccc4)cc3)c3c(N)ncnc32)C1)CO. The number of nitrogens with zero attached hydrogens (tertiary/aromatic N) is 6. The molecule has 3 N–H and O–H groups in total. The molecule has 0 saturated carbocycles. The summed E-state index contributed by atoms with van der Waals surface area (Å²) in [6, 6.07) is 18.0. The highest BCUT2D eigenvalue weighted by Crippen LogP contribution is 2.29. The molecule has 11 heteroatoms. The van der Waals surface area contributed by atoms with E-state index in [-0.39, 0.29) is 36.3 Å². The zero-order chi connectivity index (χ0) is 28.4. The Hall–Kier alpha value is -4.95. The number of nitrogen functional groups attached to an aromatic ring is 1. The van der Waals surface area contributed by atoms with Crippen molar-refractivity contribution in [1.82, 2.24) is 24.0 Å². The number of amides is 1. The van der Waals surface area contributed by atoms with Gasteiger partial charge in [0.2, 0.25) is 0 Å². The maximum absolute atomic E-state index is 13.9. The first-order valence-corrected chi connectivity index (χ1v) is 12.8. The predicted octanol–water partition coefficient (Wildman–Crippen LogP) is 3.20. The largest absolute Gasteiger partial charge is 0.457 e. The van der Waals surface area contributed by atoms with E-state index < -0.39 is 11.3 Å². The van der Waals surface area contributed by atoms with E-state index in [1.807, 2.05) is 36.4 Å². The number of anilines is 1. The normalized spacial score (nSPS) is 15.8. The Balaban J connectivity index is 1.48. The monoisotopic (exact) mass is 539 g/mol. The Morgan fingerprint density at radius 2 is 1.88 bits per heavy atom. The van der Waals surface area contributed by atoms with Gasteiger partial charge in [0.05, 0.1) is 18.3 Å². The lowest BCUT2D eigenvalue weighted by atomic mass is 9.92. The average Bonchev–Trinajstić information content (AvgIpc) is 3.55. The minimum Gasteiger partial charge on any atom is -0.457 e. The quantitative estimate of drug-likeness (QED) is 0.268. The van der Waals surface area contributed by atoms with Gasteiger partial charge in [0.1, 0.15) is 35.0 Å². The number of rotatable bonds is 7. The van der Waals surface area contributed by atoms with Gasteiger partial charge in [-0.05, 0) is 42.8 Å². The first-order chi connectivity index (χ1) is 19.2. The Morgan fingerprint density at radius 1 is 1.18 bits per heavy atom. The van der Waals surface area contributed by atoms with Crippen molar-refractivity contribution in [3.63, 3.8) is 0 Å². The molecule has 1 saturated heterocycles. The summed E-state index contributed by atoms with van der Waals surface area (Å²) in [6.07, 6.45) is 3.28. The van der Waals surface area contributed by atoms with Crippen molar-refractivity contribution in [2.45, 2.75) is 26.3 Å². The van der Waals surface area contributed by atoms with Crippen molar-refractivity contribution in [1.29, 1.82) is 5.26 Å². The topological polar surface area (TPSA) is 152 Å². The number of nitriles is 1. The third-order valence-electron chi connectivity index (χ3n) is 6.86. The molecule has 0 spiro atoms. The number of ether oxygens (including phenoxy) is 1. The van der Waals surface area contributed by atoms with Crippen LogP contribution < -0.4 is 16.2 Å². The number of aliphatic hydroxyl groups is 1. The Labute approximate surface area is 230 Å². The molecular formula is C29H29N7O4. The van der Waals surface area contributed by atoms with Gasteiger partial charge in [-0.15, -0.1) is 0 Å². The predicted molar refractivity (Wildman–Crippen MR) is 149 cm³/mol. The number of aromatic nitrogens is 4. The number of hydrogen-bond acceptors (Lipinski definition) is 8. The van der Waals surface area contributed by atoms with E-state index in [4.69, 9.17) is 10.5 Å². The number of para-hydroxylation sites is 1. The van der Waals surface area contributed by atoms with Crippen LogP contribution in [0.5, 0.6) is 11.5 Å². The first kappa shape index (κ1) is 26.6. The van der Waals surface area contributed by atoms with Crippen LogP contribution in [0, 0.1) is 16.7 Å². The molecule has 0 radical (unpaired) electrons. The van der Waals surface area contributed by atoms with Crippen LogP contribution in [0.3, 0.4) is 0 Å². The van der Waals surface area contributed by atoms with E-state index in [1.54, 1.807) is 47.6 Å². The smallest absolute Gasteiger partial charge is 0.335 e. The summed E-state index contributed by atoms with van der Waals surface area (Å²) in [5, 5.41) is 19.2. The lowest BCUT2D eigenvalue weighted by Gasteiger charge is -2.20. The van der Waals surface area contributed by atoms with Crippen molar-refractivity contribution in [3.05, 3.63) is 83.1 Å². The van der Waals surface area contributed by atoms with Gasteiger partial charge in [0, 0.05) is 18.5 Å². The minimum absolute atomic E-state index is 0.0427. The molecule has 40 heavy (non-hydrogen) atoms. The fourth-order valence-electron chi connectivity index (χ4n) is 4.81. The summed E-state index contributed by atoms with van der Waals surface area (Å²) in [6.45, 7) is 3.84. The molecule has 204 valence electrons. The number of imidazole rings is 1. The molecule has 1 unspecified atom stereocenters. The summed E-state index contributed by atoms with van der Waals surface area (Å²) < 4.78 is 8.88. The second kappa shape index (κ2) is 10.7. The summed E-state index contributed by atoms with van der Waals surface area (Å²) in [5.74, 6) is 1.01. The zero-order valence-electron chi connectivity index (χ0n) is 22.2. The number of carbonyl (C=O) groups excluding carboxylic acids is 1. The number of fused-ring (bicyclic) bond motifs is 1. The summed E-state index contributed by atoms with van der Waals surface area (Å²) in [7, 11) is 0. The van der Waals surface area contributed by atoms with Gasteiger partial charge in [0.15, 0.2) is 11.5 Å². The molecule has 5 rings (SSSR count). The zero-order valence-corrected chi connectivity index (χ0v) is 22.2. The molecular weight excluding hydrogens is 510 g/mol. The third kappa shape index (κ3) is 5.04. The molecule has 0 aliphatic carbocycles. The van der Waals surface area contributed by atoms with E-state index in [1.165, 1.54) is 17.0 Å². The second-order valence-electron chi connectivity index (χ2n) is 10.3. The molecule has 2 aromatic heterocycles. The molecule has 1 amide bonds. The maximum Gasteiger partial charge on any atom is 0.335 e. The Bertz CT molecular complexity index is 1680. The van der Waals surface area contributed by atoms with Gasteiger partial charge < -0.3 is 20.5 Å². The van der Waals surface area contributed by atoms with Crippen LogP contribution in [-0.2, 0) is 4.79 Å². The highest BCUT2D eigenvalue weighted by atomic mass is 16.5. The number of likely N-dealkylation sites (tertiary alicyclic amines) is 1. The molecule has 1 fully saturated rings. The number of benzene rings is 2.